The van der Waals surface area contributed by atoms with Gasteiger partial charge in [-0.2, -0.15) is 0 Å². The number of benzene rings is 2. The van der Waals surface area contributed by atoms with E-state index in [1.54, 1.807) is 25.1 Å². The normalized spacial score (nSPS) is 16.9. The molecule has 0 spiro atoms. The number of carbonyl (C=O) groups excluding carboxylic acids is 2. The number of nitrogens with one attached hydrogen (secondary N) is 2. The highest BCUT2D eigenvalue weighted by Crippen LogP contribution is 2.16. The molecule has 3 rings (SSSR count). The minimum absolute atomic E-state index is 0.0861. The van der Waals surface area contributed by atoms with Gasteiger partial charge in [-0.25, -0.2) is 10.0 Å². The highest BCUT2D eigenvalue weighted by atomic mass is 35.5. The summed E-state index contributed by atoms with van der Waals surface area (Å²) in [5, 5.41) is 4.68. The summed E-state index contributed by atoms with van der Waals surface area (Å²) < 4.78 is 0. The Balaban J connectivity index is 1.73. The summed E-state index contributed by atoms with van der Waals surface area (Å²) in [5.41, 5.74) is 4.24. The molecule has 0 radical (unpaired) electrons. The molecule has 0 bridgehead atoms. The van der Waals surface area contributed by atoms with E-state index in [0.717, 1.165) is 5.56 Å². The van der Waals surface area contributed by atoms with Gasteiger partial charge in [-0.3, -0.25) is 15.0 Å². The van der Waals surface area contributed by atoms with Crippen molar-refractivity contribution in [1.29, 1.82) is 0 Å². The zero-order chi connectivity index (χ0) is 17.8. The van der Waals surface area contributed by atoms with Gasteiger partial charge in [0, 0.05) is 11.6 Å². The third-order valence-corrected chi connectivity index (χ3v) is 4.11. The lowest BCUT2D eigenvalue weighted by atomic mass is 10.2. The van der Waals surface area contributed by atoms with Crippen molar-refractivity contribution in [1.82, 2.24) is 10.7 Å². The molecule has 1 heterocycles. The molecule has 2 aromatic carbocycles. The van der Waals surface area contributed by atoms with Crippen molar-refractivity contribution in [2.24, 2.45) is 4.99 Å². The fourth-order valence-corrected chi connectivity index (χ4v) is 2.61. The van der Waals surface area contributed by atoms with Gasteiger partial charge in [0.2, 0.25) is 5.84 Å². The molecule has 128 valence electrons. The molecule has 1 aliphatic rings. The van der Waals surface area contributed by atoms with Gasteiger partial charge in [-0.1, -0.05) is 48.0 Å². The average molecular weight is 357 g/mol. The highest BCUT2D eigenvalue weighted by Gasteiger charge is 2.30. The van der Waals surface area contributed by atoms with E-state index in [2.05, 4.69) is 15.7 Å². The first kappa shape index (κ1) is 17.0. The van der Waals surface area contributed by atoms with Crippen LogP contribution < -0.4 is 15.8 Å². The summed E-state index contributed by atoms with van der Waals surface area (Å²) in [4.78, 5) is 28.9. The molecule has 6 nitrogen and oxygen atoms in total. The predicted molar refractivity (Wildman–Crippen MR) is 97.3 cm³/mol. The third kappa shape index (κ3) is 3.80. The number of anilines is 1. The van der Waals surface area contributed by atoms with Gasteiger partial charge in [0.25, 0.3) is 11.8 Å². The number of hydrogen-bond acceptors (Lipinski definition) is 4. The van der Waals surface area contributed by atoms with Crippen molar-refractivity contribution >= 4 is 34.9 Å². The number of para-hydroxylation sites is 1. The molecule has 0 aliphatic carbocycles. The minimum atomic E-state index is -0.650. The molecule has 25 heavy (non-hydrogen) atoms. The van der Waals surface area contributed by atoms with E-state index in [1.807, 2.05) is 36.4 Å². The SMILES string of the molecule is CC1N=C(C(=O)NCc2ccccc2Cl)NN(c2ccccc2)C1=O. The number of amidine groups is 1. The number of rotatable bonds is 4. The Hall–Kier alpha value is -2.86. The number of halogens is 1. The van der Waals surface area contributed by atoms with E-state index >= 15 is 0 Å². The molecule has 1 atom stereocenters. The van der Waals surface area contributed by atoms with Crippen LogP contribution in [0.4, 0.5) is 5.69 Å². The molecule has 1 unspecified atom stereocenters. The first-order chi connectivity index (χ1) is 12.1. The largest absolute Gasteiger partial charge is 0.345 e. The Morgan fingerprint density at radius 1 is 1.20 bits per heavy atom. The first-order valence-corrected chi connectivity index (χ1v) is 8.19. The molecule has 2 amide bonds. The summed E-state index contributed by atoms with van der Waals surface area (Å²) in [5.74, 6) is -0.544. The van der Waals surface area contributed by atoms with E-state index in [0.29, 0.717) is 10.7 Å². The van der Waals surface area contributed by atoms with Crippen LogP contribution in [0.3, 0.4) is 0 Å². The van der Waals surface area contributed by atoms with Gasteiger partial charge < -0.3 is 5.32 Å². The zero-order valence-electron chi connectivity index (χ0n) is 13.6. The minimum Gasteiger partial charge on any atom is -0.345 e. The predicted octanol–water partition coefficient (Wildman–Crippen LogP) is 2.29. The van der Waals surface area contributed by atoms with Gasteiger partial charge in [-0.15, -0.1) is 0 Å². The molecule has 0 fully saturated rings. The highest BCUT2D eigenvalue weighted by molar-refractivity contribution is 6.39. The van der Waals surface area contributed by atoms with Crippen molar-refractivity contribution in [3.05, 3.63) is 65.2 Å². The van der Waals surface area contributed by atoms with Crippen LogP contribution in [0, 0.1) is 0 Å². The Morgan fingerprint density at radius 2 is 1.88 bits per heavy atom. The lowest BCUT2D eigenvalue weighted by Crippen LogP contribution is -2.57. The zero-order valence-corrected chi connectivity index (χ0v) is 14.3. The molecule has 2 N–H and O–H groups in total. The molecule has 0 saturated heterocycles. The van der Waals surface area contributed by atoms with Gasteiger partial charge in [0.15, 0.2) is 0 Å². The van der Waals surface area contributed by atoms with Gasteiger partial charge in [-0.05, 0) is 30.7 Å². The molecule has 7 heteroatoms. The monoisotopic (exact) mass is 356 g/mol. The number of carbonyl (C=O) groups is 2. The summed E-state index contributed by atoms with van der Waals surface area (Å²) >= 11 is 6.09. The standard InChI is InChI=1S/C18H17ClN4O2/c1-12-18(25)23(14-8-3-2-4-9-14)22-16(21-12)17(24)20-11-13-7-5-6-10-15(13)19/h2-10,12H,11H2,1H3,(H,20,24)(H,21,22). The third-order valence-electron chi connectivity index (χ3n) is 3.74. The second-order valence-corrected chi connectivity index (χ2v) is 5.96. The molecular weight excluding hydrogens is 340 g/mol. The smallest absolute Gasteiger partial charge is 0.288 e. The second kappa shape index (κ2) is 7.36. The van der Waals surface area contributed by atoms with Crippen LogP contribution in [0.1, 0.15) is 12.5 Å². The number of hydrazine groups is 1. The van der Waals surface area contributed by atoms with Crippen molar-refractivity contribution in [2.45, 2.75) is 19.5 Å². The van der Waals surface area contributed by atoms with Gasteiger partial charge in [0.05, 0.1) is 5.69 Å². The molecule has 1 aliphatic heterocycles. The fourth-order valence-electron chi connectivity index (χ4n) is 2.40. The quantitative estimate of drug-likeness (QED) is 0.882. The van der Waals surface area contributed by atoms with Crippen molar-refractivity contribution in [2.75, 3.05) is 5.01 Å². The van der Waals surface area contributed by atoms with Crippen LogP contribution in [0.5, 0.6) is 0 Å². The number of nitrogens with zero attached hydrogens (tertiary/aromatic N) is 2. The molecule has 0 saturated carbocycles. The summed E-state index contributed by atoms with van der Waals surface area (Å²) in [6, 6.07) is 15.7. The number of hydrogen-bond donors (Lipinski definition) is 2. The topological polar surface area (TPSA) is 73.8 Å². The lowest BCUT2D eigenvalue weighted by Gasteiger charge is -2.30. The Bertz CT molecular complexity index is 823. The van der Waals surface area contributed by atoms with Crippen molar-refractivity contribution in [3.8, 4) is 0 Å². The number of aliphatic imine (C=N–C) groups is 1. The van der Waals surface area contributed by atoms with Crippen LogP contribution in [-0.4, -0.2) is 23.7 Å². The first-order valence-electron chi connectivity index (χ1n) is 7.81. The molecule has 0 aromatic heterocycles. The maximum absolute atomic E-state index is 12.4. The van der Waals surface area contributed by atoms with E-state index in [1.165, 1.54) is 5.01 Å². The van der Waals surface area contributed by atoms with E-state index < -0.39 is 11.9 Å². The molecule has 2 aromatic rings. The Labute approximate surface area is 150 Å². The molecular formula is C18H17ClN4O2. The summed E-state index contributed by atoms with van der Waals surface area (Å²) in [7, 11) is 0. The van der Waals surface area contributed by atoms with Crippen molar-refractivity contribution in [3.63, 3.8) is 0 Å². The van der Waals surface area contributed by atoms with E-state index in [-0.39, 0.29) is 18.3 Å². The van der Waals surface area contributed by atoms with E-state index in [4.69, 9.17) is 11.6 Å². The van der Waals surface area contributed by atoms with Gasteiger partial charge >= 0.3 is 0 Å². The van der Waals surface area contributed by atoms with Crippen LogP contribution in [-0.2, 0) is 16.1 Å². The van der Waals surface area contributed by atoms with Crippen LogP contribution in [0.25, 0.3) is 0 Å². The maximum atomic E-state index is 12.4. The lowest BCUT2D eigenvalue weighted by molar-refractivity contribution is -0.120. The summed E-state index contributed by atoms with van der Waals surface area (Å²) in [6.45, 7) is 1.92. The van der Waals surface area contributed by atoms with Crippen LogP contribution in [0.2, 0.25) is 5.02 Å². The maximum Gasteiger partial charge on any atom is 0.288 e. The van der Waals surface area contributed by atoms with Crippen LogP contribution in [0.15, 0.2) is 59.6 Å². The second-order valence-electron chi connectivity index (χ2n) is 5.55. The summed E-state index contributed by atoms with van der Waals surface area (Å²) in [6.07, 6.45) is 0. The Kier molecular flexibility index (Phi) is 5.00. The van der Waals surface area contributed by atoms with Gasteiger partial charge in [0.1, 0.15) is 6.04 Å². The van der Waals surface area contributed by atoms with Crippen LogP contribution >= 0.6 is 11.6 Å². The average Bonchev–Trinajstić information content (AvgIpc) is 2.63. The number of amides is 2. The van der Waals surface area contributed by atoms with Crippen molar-refractivity contribution < 1.29 is 9.59 Å². The fraction of sp³-hybridized carbons (Fsp3) is 0.167. The Morgan fingerprint density at radius 3 is 2.60 bits per heavy atom. The van der Waals surface area contributed by atoms with E-state index in [9.17, 15) is 9.59 Å².